The molecule has 2 heteroatoms. The number of benzene rings is 1. The van der Waals surface area contributed by atoms with Crippen molar-refractivity contribution in [3.63, 3.8) is 0 Å². The van der Waals surface area contributed by atoms with Crippen molar-refractivity contribution in [2.45, 2.75) is 77.6 Å². The molecule has 0 aliphatic carbocycles. The van der Waals surface area contributed by atoms with Gasteiger partial charge in [0.2, 0.25) is 0 Å². The first-order chi connectivity index (χ1) is 11.3. The third-order valence-electron chi connectivity index (χ3n) is 4.53. The summed E-state index contributed by atoms with van der Waals surface area (Å²) < 4.78 is 0. The third kappa shape index (κ3) is 6.21. The van der Waals surface area contributed by atoms with Gasteiger partial charge in [-0.15, -0.1) is 0 Å². The van der Waals surface area contributed by atoms with Crippen LogP contribution in [0.4, 0.5) is 0 Å². The second-order valence-electron chi connectivity index (χ2n) is 6.58. The zero-order valence-electron chi connectivity index (χ0n) is 14.6. The van der Waals surface area contributed by atoms with Crippen LogP contribution in [-0.4, -0.2) is 10.1 Å². The Bertz CT molecular complexity index is 579. The molecule has 2 nitrogen and oxygen atoms in total. The summed E-state index contributed by atoms with van der Waals surface area (Å²) >= 11 is 0. The van der Waals surface area contributed by atoms with E-state index in [2.05, 4.69) is 11.9 Å². The summed E-state index contributed by atoms with van der Waals surface area (Å²) in [7, 11) is 0. The molecule has 0 saturated carbocycles. The van der Waals surface area contributed by atoms with E-state index in [1.54, 1.807) is 0 Å². The lowest BCUT2D eigenvalue weighted by molar-refractivity contribution is 0.480. The predicted octanol–water partition coefficient (Wildman–Crippen LogP) is 6.40. The fourth-order valence-electron chi connectivity index (χ4n) is 3.13. The van der Waals surface area contributed by atoms with Crippen LogP contribution in [0.15, 0.2) is 30.3 Å². The number of aromatic hydroxyl groups is 1. The smallest absolute Gasteiger partial charge is 0.126 e. The second kappa shape index (κ2) is 10.3. The molecule has 0 aliphatic heterocycles. The van der Waals surface area contributed by atoms with E-state index >= 15 is 0 Å². The summed E-state index contributed by atoms with van der Waals surface area (Å²) in [6.07, 6.45) is 14.4. The fourth-order valence-corrected chi connectivity index (χ4v) is 3.13. The van der Waals surface area contributed by atoms with Gasteiger partial charge >= 0.3 is 0 Å². The summed E-state index contributed by atoms with van der Waals surface area (Å²) in [6.45, 7) is 2.27. The second-order valence-corrected chi connectivity index (χ2v) is 6.58. The molecule has 0 atom stereocenters. The van der Waals surface area contributed by atoms with Gasteiger partial charge in [-0.2, -0.15) is 0 Å². The van der Waals surface area contributed by atoms with Gasteiger partial charge in [-0.3, -0.25) is 4.98 Å². The van der Waals surface area contributed by atoms with Crippen molar-refractivity contribution in [3.05, 3.63) is 36.0 Å². The van der Waals surface area contributed by atoms with Gasteiger partial charge in [0.15, 0.2) is 0 Å². The van der Waals surface area contributed by atoms with Crippen LogP contribution in [0, 0.1) is 0 Å². The predicted molar refractivity (Wildman–Crippen MR) is 99.0 cm³/mol. The summed E-state index contributed by atoms with van der Waals surface area (Å²) in [5.41, 5.74) is 1.91. The van der Waals surface area contributed by atoms with Crippen LogP contribution in [0.3, 0.4) is 0 Å². The van der Waals surface area contributed by atoms with Crippen LogP contribution in [0.1, 0.15) is 76.8 Å². The molecule has 0 spiro atoms. The number of pyridine rings is 1. The Morgan fingerprint density at radius 2 is 1.43 bits per heavy atom. The zero-order chi connectivity index (χ0) is 16.3. The Morgan fingerprint density at radius 3 is 2.13 bits per heavy atom. The van der Waals surface area contributed by atoms with Crippen LogP contribution < -0.4 is 0 Å². The van der Waals surface area contributed by atoms with Gasteiger partial charge in [0, 0.05) is 17.1 Å². The molecule has 0 aliphatic rings. The highest BCUT2D eigenvalue weighted by Crippen LogP contribution is 2.24. The van der Waals surface area contributed by atoms with Crippen LogP contribution in [0.2, 0.25) is 0 Å². The van der Waals surface area contributed by atoms with E-state index in [0.29, 0.717) is 5.75 Å². The lowest BCUT2D eigenvalue weighted by Gasteiger charge is -2.06. The van der Waals surface area contributed by atoms with E-state index in [0.717, 1.165) is 23.0 Å². The molecule has 2 aromatic rings. The summed E-state index contributed by atoms with van der Waals surface area (Å²) in [5.74, 6) is 0.359. The Hall–Kier alpha value is -1.57. The quantitative estimate of drug-likeness (QED) is 0.487. The first-order valence-electron chi connectivity index (χ1n) is 9.39. The highest BCUT2D eigenvalue weighted by molar-refractivity contribution is 5.84. The molecule has 1 aromatic carbocycles. The number of fused-ring (bicyclic) bond motifs is 1. The van der Waals surface area contributed by atoms with Gasteiger partial charge in [0.1, 0.15) is 5.75 Å². The maximum atomic E-state index is 10.1. The van der Waals surface area contributed by atoms with Crippen LogP contribution >= 0.6 is 0 Å². The number of hydrogen-bond donors (Lipinski definition) is 1. The number of para-hydroxylation sites is 1. The highest BCUT2D eigenvalue weighted by Gasteiger charge is 2.04. The number of unbranched alkanes of at least 4 members (excludes halogenated alkanes) is 9. The molecule has 0 bridgehead atoms. The van der Waals surface area contributed by atoms with Gasteiger partial charge in [0.05, 0.1) is 5.52 Å². The monoisotopic (exact) mass is 313 g/mol. The number of aryl methyl sites for hydroxylation is 1. The molecule has 1 aromatic heterocycles. The molecular weight excluding hydrogens is 282 g/mol. The topological polar surface area (TPSA) is 33.1 Å². The number of nitrogens with zero attached hydrogens (tertiary/aromatic N) is 1. The Labute approximate surface area is 141 Å². The number of aromatic nitrogens is 1. The van der Waals surface area contributed by atoms with Crippen molar-refractivity contribution in [1.29, 1.82) is 0 Å². The van der Waals surface area contributed by atoms with E-state index in [1.807, 2.05) is 30.3 Å². The molecule has 0 unspecified atom stereocenters. The first kappa shape index (κ1) is 17.8. The molecule has 0 amide bonds. The van der Waals surface area contributed by atoms with Crippen molar-refractivity contribution in [1.82, 2.24) is 4.98 Å². The first-order valence-corrected chi connectivity index (χ1v) is 9.39. The molecule has 0 radical (unpaired) electrons. The van der Waals surface area contributed by atoms with Gasteiger partial charge in [-0.05, 0) is 25.0 Å². The van der Waals surface area contributed by atoms with Crippen molar-refractivity contribution in [2.75, 3.05) is 0 Å². The van der Waals surface area contributed by atoms with Crippen molar-refractivity contribution >= 4 is 10.9 Å². The van der Waals surface area contributed by atoms with Crippen LogP contribution in [-0.2, 0) is 6.42 Å². The van der Waals surface area contributed by atoms with E-state index in [-0.39, 0.29) is 0 Å². The Kier molecular flexibility index (Phi) is 7.92. The molecule has 23 heavy (non-hydrogen) atoms. The summed E-state index contributed by atoms with van der Waals surface area (Å²) in [5, 5.41) is 10.9. The third-order valence-corrected chi connectivity index (χ3v) is 4.53. The normalized spacial score (nSPS) is 11.2. The summed E-state index contributed by atoms with van der Waals surface area (Å²) in [6, 6.07) is 9.62. The lowest BCUT2D eigenvalue weighted by Crippen LogP contribution is -1.92. The minimum Gasteiger partial charge on any atom is -0.507 e. The maximum absolute atomic E-state index is 10.1. The molecule has 1 N–H and O–H groups in total. The molecule has 1 heterocycles. The Morgan fingerprint density at radius 1 is 0.826 bits per heavy atom. The van der Waals surface area contributed by atoms with Crippen LogP contribution in [0.5, 0.6) is 5.75 Å². The molecule has 0 saturated heterocycles. The molecule has 126 valence electrons. The Balaban J connectivity index is 1.61. The standard InChI is InChI=1S/C21H31NO/c1-2-3-4-5-6-7-8-9-10-11-14-18-17-21(23)19-15-12-13-16-20(19)22-18/h12-13,15-17H,2-11,14H2,1H3,(H,22,23). The van der Waals surface area contributed by atoms with Gasteiger partial charge in [0.25, 0.3) is 0 Å². The van der Waals surface area contributed by atoms with Crippen molar-refractivity contribution in [2.24, 2.45) is 0 Å². The number of rotatable bonds is 11. The molecule has 2 rings (SSSR count). The number of hydrogen-bond acceptors (Lipinski definition) is 2. The average molecular weight is 313 g/mol. The van der Waals surface area contributed by atoms with Crippen molar-refractivity contribution in [3.8, 4) is 5.75 Å². The van der Waals surface area contributed by atoms with Gasteiger partial charge in [-0.25, -0.2) is 0 Å². The van der Waals surface area contributed by atoms with E-state index < -0.39 is 0 Å². The van der Waals surface area contributed by atoms with Gasteiger partial charge < -0.3 is 5.11 Å². The molecular formula is C21H31NO. The summed E-state index contributed by atoms with van der Waals surface area (Å²) in [4.78, 5) is 4.65. The van der Waals surface area contributed by atoms with E-state index in [1.165, 1.54) is 64.2 Å². The SMILES string of the molecule is CCCCCCCCCCCCc1cc(O)c2ccccc2n1. The fraction of sp³-hybridized carbons (Fsp3) is 0.571. The maximum Gasteiger partial charge on any atom is 0.126 e. The van der Waals surface area contributed by atoms with Gasteiger partial charge in [-0.1, -0.05) is 76.8 Å². The largest absolute Gasteiger partial charge is 0.507 e. The van der Waals surface area contributed by atoms with Crippen LogP contribution in [0.25, 0.3) is 10.9 Å². The van der Waals surface area contributed by atoms with Crippen molar-refractivity contribution < 1.29 is 5.11 Å². The lowest BCUT2D eigenvalue weighted by atomic mass is 10.0. The minimum atomic E-state index is 0.359. The van der Waals surface area contributed by atoms with E-state index in [9.17, 15) is 5.11 Å². The minimum absolute atomic E-state index is 0.359. The molecule has 0 fully saturated rings. The zero-order valence-corrected chi connectivity index (χ0v) is 14.6. The highest BCUT2D eigenvalue weighted by atomic mass is 16.3. The average Bonchev–Trinajstić information content (AvgIpc) is 2.57. The van der Waals surface area contributed by atoms with E-state index in [4.69, 9.17) is 0 Å².